The van der Waals surface area contributed by atoms with Gasteiger partial charge >= 0.3 is 0 Å². The van der Waals surface area contributed by atoms with Gasteiger partial charge in [0.05, 0.1) is 6.04 Å². The van der Waals surface area contributed by atoms with Gasteiger partial charge in [-0.2, -0.15) is 0 Å². The maximum Gasteiger partial charge on any atom is 0.239 e. The molecular weight excluding hydrogens is 226 g/mol. The fourth-order valence-electron chi connectivity index (χ4n) is 2.96. The molecule has 0 bridgehead atoms. The van der Waals surface area contributed by atoms with Crippen LogP contribution in [0.4, 0.5) is 0 Å². The predicted molar refractivity (Wildman–Crippen MR) is 73.5 cm³/mol. The molecule has 0 saturated carbocycles. The van der Waals surface area contributed by atoms with Crippen molar-refractivity contribution in [1.82, 2.24) is 15.1 Å². The molecule has 1 atom stereocenters. The molecule has 2 heterocycles. The normalized spacial score (nSPS) is 26.3. The molecule has 0 aliphatic carbocycles. The van der Waals surface area contributed by atoms with Crippen molar-refractivity contribution in [3.63, 3.8) is 0 Å². The van der Waals surface area contributed by atoms with Crippen molar-refractivity contribution in [3.8, 4) is 0 Å². The summed E-state index contributed by atoms with van der Waals surface area (Å²) in [5.41, 5.74) is 0. The highest BCUT2D eigenvalue weighted by atomic mass is 16.2. The van der Waals surface area contributed by atoms with Crippen LogP contribution in [0.15, 0.2) is 0 Å². The molecule has 4 nitrogen and oxygen atoms in total. The first kappa shape index (κ1) is 13.8. The van der Waals surface area contributed by atoms with E-state index in [1.807, 2.05) is 4.90 Å². The minimum Gasteiger partial charge on any atom is -0.340 e. The van der Waals surface area contributed by atoms with E-state index in [1.54, 1.807) is 0 Å². The molecule has 2 saturated heterocycles. The number of amides is 1. The molecule has 104 valence electrons. The molecule has 0 aromatic carbocycles. The third-order valence-corrected chi connectivity index (χ3v) is 3.97. The van der Waals surface area contributed by atoms with Crippen LogP contribution in [0.5, 0.6) is 0 Å². The van der Waals surface area contributed by atoms with E-state index in [9.17, 15) is 4.79 Å². The molecule has 4 heteroatoms. The Hall–Kier alpha value is -0.610. The summed E-state index contributed by atoms with van der Waals surface area (Å²) >= 11 is 0. The quantitative estimate of drug-likeness (QED) is 0.796. The standard InChI is InChI=1S/C14H27N3O/c1-12(2)15-13-6-9-17(14(13)18)11-10-16-7-4-3-5-8-16/h12-13,15H,3-11H2,1-2H3. The summed E-state index contributed by atoms with van der Waals surface area (Å²) in [7, 11) is 0. The molecule has 2 rings (SSSR count). The van der Waals surface area contributed by atoms with Gasteiger partial charge in [-0.3, -0.25) is 4.79 Å². The number of hydrogen-bond acceptors (Lipinski definition) is 3. The minimum atomic E-state index is 0.0614. The van der Waals surface area contributed by atoms with Gasteiger partial charge in [0.1, 0.15) is 0 Å². The smallest absolute Gasteiger partial charge is 0.239 e. The highest BCUT2D eigenvalue weighted by Gasteiger charge is 2.31. The van der Waals surface area contributed by atoms with E-state index in [2.05, 4.69) is 24.1 Å². The molecule has 0 spiro atoms. The fraction of sp³-hybridized carbons (Fsp3) is 0.929. The van der Waals surface area contributed by atoms with Gasteiger partial charge in [-0.15, -0.1) is 0 Å². The lowest BCUT2D eigenvalue weighted by atomic mass is 10.1. The van der Waals surface area contributed by atoms with Crippen LogP contribution >= 0.6 is 0 Å². The van der Waals surface area contributed by atoms with Gasteiger partial charge < -0.3 is 15.1 Å². The Balaban J connectivity index is 1.72. The fourth-order valence-corrected chi connectivity index (χ4v) is 2.96. The molecular formula is C14H27N3O. The van der Waals surface area contributed by atoms with Crippen molar-refractivity contribution < 1.29 is 4.79 Å². The number of likely N-dealkylation sites (tertiary alicyclic amines) is 2. The number of rotatable bonds is 5. The van der Waals surface area contributed by atoms with Crippen molar-refractivity contribution in [2.75, 3.05) is 32.7 Å². The van der Waals surface area contributed by atoms with Crippen LogP contribution in [0, 0.1) is 0 Å². The van der Waals surface area contributed by atoms with Crippen LogP contribution in [-0.4, -0.2) is 60.5 Å². The van der Waals surface area contributed by atoms with Crippen LogP contribution in [0.3, 0.4) is 0 Å². The van der Waals surface area contributed by atoms with E-state index in [1.165, 1.54) is 32.4 Å². The van der Waals surface area contributed by atoms with Crippen molar-refractivity contribution in [2.24, 2.45) is 0 Å². The van der Waals surface area contributed by atoms with E-state index >= 15 is 0 Å². The van der Waals surface area contributed by atoms with Gasteiger partial charge in [-0.25, -0.2) is 0 Å². The Bertz CT molecular complexity index is 274. The Morgan fingerprint density at radius 3 is 2.56 bits per heavy atom. The Labute approximate surface area is 111 Å². The average Bonchev–Trinajstić information content (AvgIpc) is 2.69. The lowest BCUT2D eigenvalue weighted by Gasteiger charge is -2.28. The molecule has 1 N–H and O–H groups in total. The minimum absolute atomic E-state index is 0.0614. The lowest BCUT2D eigenvalue weighted by Crippen LogP contribution is -2.44. The Morgan fingerprint density at radius 2 is 1.89 bits per heavy atom. The van der Waals surface area contributed by atoms with Crippen molar-refractivity contribution in [3.05, 3.63) is 0 Å². The molecule has 0 radical (unpaired) electrons. The number of carbonyl (C=O) groups excluding carboxylic acids is 1. The second kappa shape index (κ2) is 6.53. The van der Waals surface area contributed by atoms with Gasteiger partial charge in [-0.05, 0) is 32.4 Å². The maximum atomic E-state index is 12.2. The molecule has 1 unspecified atom stereocenters. The molecule has 0 aromatic rings. The molecule has 1 amide bonds. The number of hydrogen-bond donors (Lipinski definition) is 1. The summed E-state index contributed by atoms with van der Waals surface area (Å²) in [5, 5.41) is 3.35. The average molecular weight is 253 g/mol. The topological polar surface area (TPSA) is 35.6 Å². The van der Waals surface area contributed by atoms with Crippen molar-refractivity contribution >= 4 is 5.91 Å². The second-order valence-electron chi connectivity index (χ2n) is 5.89. The highest BCUT2D eigenvalue weighted by Crippen LogP contribution is 2.13. The number of nitrogens with zero attached hydrogens (tertiary/aromatic N) is 2. The summed E-state index contributed by atoms with van der Waals surface area (Å²) in [6.45, 7) is 9.53. The lowest BCUT2D eigenvalue weighted by molar-refractivity contribution is -0.129. The van der Waals surface area contributed by atoms with Gasteiger partial charge in [0.25, 0.3) is 0 Å². The van der Waals surface area contributed by atoms with E-state index in [0.717, 1.165) is 26.1 Å². The molecule has 2 aliphatic heterocycles. The Kier molecular flexibility index (Phi) is 5.01. The molecule has 18 heavy (non-hydrogen) atoms. The summed E-state index contributed by atoms with van der Waals surface area (Å²) in [6, 6.07) is 0.451. The third kappa shape index (κ3) is 3.69. The first-order valence-electron chi connectivity index (χ1n) is 7.44. The van der Waals surface area contributed by atoms with Gasteiger partial charge in [0.2, 0.25) is 5.91 Å². The SMILES string of the molecule is CC(C)NC1CCN(CCN2CCCCC2)C1=O. The summed E-state index contributed by atoms with van der Waals surface area (Å²) < 4.78 is 0. The van der Waals surface area contributed by atoms with Gasteiger partial charge in [0, 0.05) is 25.7 Å². The summed E-state index contributed by atoms with van der Waals surface area (Å²) in [4.78, 5) is 16.7. The third-order valence-electron chi connectivity index (χ3n) is 3.97. The largest absolute Gasteiger partial charge is 0.340 e. The van der Waals surface area contributed by atoms with Crippen LogP contribution in [0.25, 0.3) is 0 Å². The monoisotopic (exact) mass is 253 g/mol. The zero-order chi connectivity index (χ0) is 13.0. The number of carbonyl (C=O) groups is 1. The summed E-state index contributed by atoms with van der Waals surface area (Å²) in [5.74, 6) is 0.306. The van der Waals surface area contributed by atoms with Crippen molar-refractivity contribution in [1.29, 1.82) is 0 Å². The number of piperidine rings is 1. The second-order valence-corrected chi connectivity index (χ2v) is 5.89. The molecule has 2 aliphatic rings. The zero-order valence-corrected chi connectivity index (χ0v) is 11.8. The first-order chi connectivity index (χ1) is 8.66. The maximum absolute atomic E-state index is 12.2. The Morgan fingerprint density at radius 1 is 1.17 bits per heavy atom. The first-order valence-corrected chi connectivity index (χ1v) is 7.44. The van der Waals surface area contributed by atoms with E-state index < -0.39 is 0 Å². The van der Waals surface area contributed by atoms with E-state index in [-0.39, 0.29) is 6.04 Å². The van der Waals surface area contributed by atoms with Gasteiger partial charge in [0.15, 0.2) is 0 Å². The zero-order valence-electron chi connectivity index (χ0n) is 11.8. The van der Waals surface area contributed by atoms with Gasteiger partial charge in [-0.1, -0.05) is 20.3 Å². The predicted octanol–water partition coefficient (Wildman–Crippen LogP) is 1.07. The molecule has 2 fully saturated rings. The van der Waals surface area contributed by atoms with Crippen LogP contribution in [0.1, 0.15) is 39.5 Å². The van der Waals surface area contributed by atoms with Crippen LogP contribution < -0.4 is 5.32 Å². The molecule has 0 aromatic heterocycles. The van der Waals surface area contributed by atoms with Crippen molar-refractivity contribution in [2.45, 2.75) is 51.6 Å². The van der Waals surface area contributed by atoms with E-state index in [0.29, 0.717) is 11.9 Å². The van der Waals surface area contributed by atoms with E-state index in [4.69, 9.17) is 0 Å². The summed E-state index contributed by atoms with van der Waals surface area (Å²) in [6.07, 6.45) is 4.99. The highest BCUT2D eigenvalue weighted by molar-refractivity contribution is 5.84. The van der Waals surface area contributed by atoms with Crippen LogP contribution in [0.2, 0.25) is 0 Å². The van der Waals surface area contributed by atoms with Crippen LogP contribution in [-0.2, 0) is 4.79 Å². The number of nitrogens with one attached hydrogen (secondary N) is 1.